The molecular weight excluding hydrogens is 606 g/mol. The molecule has 0 aromatic carbocycles. The van der Waals surface area contributed by atoms with Crippen molar-refractivity contribution < 1.29 is 24.3 Å². The fourth-order valence-electron chi connectivity index (χ4n) is 3.44. The first kappa shape index (κ1) is 29.2. The number of nitrogens with zero attached hydrogens (tertiary/aromatic N) is 5. The van der Waals surface area contributed by atoms with Crippen LogP contribution in [0.3, 0.4) is 0 Å². The number of rotatable bonds is 8. The molecule has 192 valence electrons. The number of aliphatic carboxylic acids is 1. The molecule has 37 heavy (non-hydrogen) atoms. The number of β-lactam (4-membered cyclic amide) rings is 1. The molecule has 4 rings (SSSR count). The summed E-state index contributed by atoms with van der Waals surface area (Å²) in [5.41, 5.74) is 4.34. The number of aromatic nitrogens is 4. The molecule has 19 heteroatoms. The molecule has 0 unspecified atom stereocenters. The molecule has 2 aromatic rings. The normalized spacial score (nSPS) is 19.0. The average molecular weight is 625 g/mol. The first-order chi connectivity index (χ1) is 17.1. The van der Waals surface area contributed by atoms with Crippen molar-refractivity contribution in [1.29, 1.82) is 0 Å². The third-order valence-corrected chi connectivity index (χ3v) is 8.98. The van der Waals surface area contributed by atoms with Crippen LogP contribution in [0.1, 0.15) is 5.69 Å². The van der Waals surface area contributed by atoms with Gasteiger partial charge in [0.2, 0.25) is 0 Å². The van der Waals surface area contributed by atoms with Gasteiger partial charge in [-0.15, -0.1) is 5.10 Å². The third kappa shape index (κ3) is 5.74. The van der Waals surface area contributed by atoms with Crippen LogP contribution in [0.4, 0.5) is 4.69 Å². The van der Waals surface area contributed by atoms with Crippen molar-refractivity contribution >= 4 is 95.8 Å². The van der Waals surface area contributed by atoms with E-state index in [2.05, 4.69) is 25.7 Å². The summed E-state index contributed by atoms with van der Waals surface area (Å²) in [5, 5.41) is 21.6. The Balaban J connectivity index is 0.00000380. The van der Waals surface area contributed by atoms with Crippen LogP contribution in [-0.4, -0.2) is 127 Å². The van der Waals surface area contributed by atoms with Crippen LogP contribution in [0.15, 0.2) is 36.1 Å². The summed E-state index contributed by atoms with van der Waals surface area (Å²) >= 11 is 2.10. The van der Waals surface area contributed by atoms with Gasteiger partial charge in [0.15, 0.2) is 5.16 Å². The second-order valence-corrected chi connectivity index (χ2v) is 11.2. The van der Waals surface area contributed by atoms with Crippen molar-refractivity contribution in [2.24, 2.45) is 12.2 Å². The van der Waals surface area contributed by atoms with Gasteiger partial charge in [0.1, 0.15) is 0 Å². The van der Waals surface area contributed by atoms with E-state index in [1.165, 1.54) is 25.9 Å². The summed E-state index contributed by atoms with van der Waals surface area (Å²) in [6, 6.07) is -0.983. The summed E-state index contributed by atoms with van der Waals surface area (Å²) in [5.74, 6) is -2.25. The molecule has 15 nitrogen and oxygen atoms in total. The predicted molar refractivity (Wildman–Crippen MR) is 137 cm³/mol. The molecule has 5 N–H and O–H groups in total. The maximum atomic E-state index is 12.9. The number of H-pyrrole nitrogens is 1. The number of anilines is 1. The zero-order valence-corrected chi connectivity index (χ0v) is 21.9. The van der Waals surface area contributed by atoms with Crippen LogP contribution < -0.4 is 22.2 Å². The van der Waals surface area contributed by atoms with Gasteiger partial charge in [0.25, 0.3) is 0 Å². The molecule has 0 radical (unpaired) electrons. The first-order valence-electron chi connectivity index (χ1n) is 9.96. The average Bonchev–Trinajstić information content (AvgIpc) is 3.28. The number of nitrogen functional groups attached to an aromatic ring is 1. The number of amides is 2. The second-order valence-electron chi connectivity index (χ2n) is 7.30. The first-order valence-corrected chi connectivity index (χ1v) is 13.8. The Labute approximate surface area is 244 Å². The summed E-state index contributed by atoms with van der Waals surface area (Å²) in [7, 11) is 2.64. The predicted octanol–water partition coefficient (Wildman–Crippen LogP) is -3.26. The number of carboxylic acids is 1. The number of aromatic amines is 1. The topological polar surface area (TPSA) is 215 Å². The van der Waals surface area contributed by atoms with Crippen molar-refractivity contribution in [3.8, 4) is 0 Å². The molecule has 1 fully saturated rings. The van der Waals surface area contributed by atoms with Gasteiger partial charge in [-0.05, 0) is 0 Å². The maximum absolute atomic E-state index is 12.9. The standard InChI is InChI=1S/C18H18N8O7S2Se.Na.H/c1-25-14(30)12(28)22-23-18(25)35-4-6-3-34-15-9(13(29)26(15)10(6)16(31)32)21-11(27)8(24-33-2)7-5-36-17(19)20-7;;/h5,9,15H,3-4H2,1-2H3,(H2,19,20)(H,21,27)(H,22,28)(H,31,32);;/t9-,15-;;/m1../s1. The zero-order valence-electron chi connectivity index (χ0n) is 18.6. The number of carboxylic acid groups (broad SMARTS) is 1. The molecule has 0 bridgehead atoms. The van der Waals surface area contributed by atoms with E-state index < -0.39 is 40.3 Å². The molecule has 2 aliphatic heterocycles. The van der Waals surface area contributed by atoms with Crippen molar-refractivity contribution in [2.45, 2.75) is 16.6 Å². The molecule has 1 saturated heterocycles. The Morgan fingerprint density at radius 2 is 2.16 bits per heavy atom. The number of fused-ring (bicyclic) bond motifs is 1. The van der Waals surface area contributed by atoms with E-state index >= 15 is 0 Å². The van der Waals surface area contributed by atoms with Gasteiger partial charge in [-0.3, -0.25) is 14.2 Å². The number of oxime groups is 1. The van der Waals surface area contributed by atoms with Gasteiger partial charge in [-0.1, -0.05) is 0 Å². The number of nitrogens with one attached hydrogen (secondary N) is 2. The number of carbonyl (C=O) groups is 3. The molecule has 2 aromatic heterocycles. The Hall–Kier alpha value is -2.34. The Kier molecular flexibility index (Phi) is 9.49. The van der Waals surface area contributed by atoms with Gasteiger partial charge in [0, 0.05) is 7.05 Å². The molecule has 4 heterocycles. The van der Waals surface area contributed by atoms with Crippen molar-refractivity contribution in [3.63, 3.8) is 0 Å². The monoisotopic (exact) mass is 626 g/mol. The van der Waals surface area contributed by atoms with Crippen molar-refractivity contribution in [1.82, 2.24) is 30.0 Å². The summed E-state index contributed by atoms with van der Waals surface area (Å²) in [6.07, 6.45) is 0. The van der Waals surface area contributed by atoms with Gasteiger partial charge < -0.3 is 0 Å². The third-order valence-electron chi connectivity index (χ3n) is 5.11. The number of hydrogen-bond acceptors (Lipinski definition) is 12. The SMILES string of the molecule is CON=C(C(=O)N[C@@H]1C(=O)N2C(C(=O)O)=C(CSc3n[nH]c(=O)c(=O)n3C)CS[C@H]12)c1c[se]c(N)n1.[NaH]. The van der Waals surface area contributed by atoms with Crippen LogP contribution in [0.25, 0.3) is 0 Å². The minimum absolute atomic E-state index is 0. The number of hydrogen-bond donors (Lipinski definition) is 4. The van der Waals surface area contributed by atoms with Crippen LogP contribution >= 0.6 is 23.5 Å². The molecule has 0 aliphatic carbocycles. The van der Waals surface area contributed by atoms with Crippen molar-refractivity contribution in [3.05, 3.63) is 42.6 Å². The molecule has 0 saturated carbocycles. The Morgan fingerprint density at radius 1 is 1.43 bits per heavy atom. The summed E-state index contributed by atoms with van der Waals surface area (Å²) < 4.78 is 1.42. The van der Waals surface area contributed by atoms with E-state index in [-0.39, 0.29) is 77.8 Å². The molecule has 2 atom stereocenters. The fraction of sp³-hybridized carbons (Fsp3) is 0.333. The zero-order chi connectivity index (χ0) is 26.1. The van der Waals surface area contributed by atoms with Gasteiger partial charge in [-0.2, -0.15) is 0 Å². The van der Waals surface area contributed by atoms with E-state index in [9.17, 15) is 29.1 Å². The van der Waals surface area contributed by atoms with E-state index in [0.717, 1.165) is 21.2 Å². The van der Waals surface area contributed by atoms with E-state index in [4.69, 9.17) is 10.6 Å². The molecule has 2 aliphatic rings. The summed E-state index contributed by atoms with van der Waals surface area (Å²) in [6.45, 7) is 0. The number of thioether (sulfide) groups is 2. The van der Waals surface area contributed by atoms with Crippen molar-refractivity contribution in [2.75, 3.05) is 24.3 Å². The summed E-state index contributed by atoms with van der Waals surface area (Å²) in [4.78, 5) is 72.6. The van der Waals surface area contributed by atoms with E-state index in [1.54, 1.807) is 4.94 Å². The fourth-order valence-corrected chi connectivity index (χ4v) is 6.99. The molecule has 2 amide bonds. The van der Waals surface area contributed by atoms with Gasteiger partial charge in [0.05, 0.1) is 0 Å². The van der Waals surface area contributed by atoms with Crippen LogP contribution in [0, 0.1) is 0 Å². The van der Waals surface area contributed by atoms with Gasteiger partial charge >= 0.3 is 209 Å². The molecular formula is C18H19N8NaO7S2Se. The quantitative estimate of drug-likeness (QED) is 0.0568. The van der Waals surface area contributed by atoms with E-state index in [1.807, 2.05) is 0 Å². The Morgan fingerprint density at radius 3 is 2.78 bits per heavy atom. The second kappa shape index (κ2) is 12.0. The number of nitrogens with two attached hydrogens (primary N) is 1. The minimum atomic E-state index is -1.30. The van der Waals surface area contributed by atoms with Crippen LogP contribution in [0.2, 0.25) is 0 Å². The Bertz CT molecular complexity index is 1440. The van der Waals surface area contributed by atoms with Crippen LogP contribution in [0.5, 0.6) is 0 Å². The van der Waals surface area contributed by atoms with E-state index in [0.29, 0.717) is 10.3 Å². The molecule has 0 spiro atoms. The van der Waals surface area contributed by atoms with Gasteiger partial charge in [-0.25, -0.2) is 5.10 Å². The number of carbonyl (C=O) groups excluding carboxylic acids is 2. The van der Waals surface area contributed by atoms with Crippen LogP contribution in [-0.2, 0) is 26.3 Å².